The Morgan fingerprint density at radius 1 is 0.486 bits per heavy atom. The minimum Gasteiger partial charge on any atom is -0.387 e. The van der Waals surface area contributed by atoms with E-state index in [2.05, 4.69) is 92.1 Å². The summed E-state index contributed by atoms with van der Waals surface area (Å²) in [5.41, 5.74) is 0. The fraction of sp³-hybridized carbons (Fsp3) is 0.762. The molecule has 0 aliphatic rings. The maximum Gasteiger partial charge on any atom is 0.472 e. The van der Waals surface area contributed by atoms with Crippen LogP contribution in [-0.2, 0) is 18.4 Å². The average Bonchev–Trinajstić information content (AvgIpc) is 3.34. The monoisotopic (exact) mass is 1030 g/mol. The number of aliphatic hydroxyl groups is 1. The number of unbranched alkanes of at least 4 members (excludes halogenated alkanes) is 29. The second-order valence-electron chi connectivity index (χ2n) is 21.3. The van der Waals surface area contributed by atoms with Crippen LogP contribution in [0, 0.1) is 0 Å². The van der Waals surface area contributed by atoms with E-state index in [4.69, 9.17) is 9.05 Å². The number of carbonyl (C=O) groups excluding carboxylic acids is 1. The molecule has 0 fully saturated rings. The molecular formula is C63H116N2O6P+. The molecule has 0 aliphatic carbocycles. The standard InChI is InChI=1S/C63H115N2O6P/c1-6-8-10-12-14-16-18-20-22-24-26-28-29-30-31-32-33-34-35-37-38-40-42-44-46-48-50-52-54-56-62(66)61(60-71-72(68,69)70-59-58-65(3,4)5)64-63(67)57-55-53-51-49-47-45-43-41-39-36-27-25-23-21-19-17-15-13-11-9-7-2/h9,11,15,17,21,23,27,36,41,43,47,49,54,56,61-62,66H,6-8,10,12-14,16,18-20,22,24-26,28-35,37-40,42,44-46,48,50-53,55,57-60H2,1-5H3,(H-,64,67,68,69)/p+1/b11-9-,17-15-,23-21-,36-27-,43-41-,49-47-,56-54+. The number of nitrogens with zero attached hydrogens (tertiary/aromatic N) is 1. The Hall–Kier alpha value is -2.32. The molecule has 418 valence electrons. The van der Waals surface area contributed by atoms with Gasteiger partial charge in [0.15, 0.2) is 0 Å². The highest BCUT2D eigenvalue weighted by Gasteiger charge is 2.27. The Kier molecular flexibility index (Phi) is 51.8. The molecule has 0 rings (SSSR count). The number of hydrogen-bond donors (Lipinski definition) is 3. The topological polar surface area (TPSA) is 105 Å². The second-order valence-corrected chi connectivity index (χ2v) is 22.8. The Bertz CT molecular complexity index is 1450. The largest absolute Gasteiger partial charge is 0.472 e. The van der Waals surface area contributed by atoms with Crippen LogP contribution in [0.1, 0.15) is 258 Å². The lowest BCUT2D eigenvalue weighted by Gasteiger charge is -2.25. The number of hydrogen-bond acceptors (Lipinski definition) is 5. The van der Waals surface area contributed by atoms with E-state index in [0.29, 0.717) is 23.9 Å². The summed E-state index contributed by atoms with van der Waals surface area (Å²) in [5, 5.41) is 13.9. The van der Waals surface area contributed by atoms with Crippen molar-refractivity contribution < 1.29 is 32.9 Å². The van der Waals surface area contributed by atoms with Crippen LogP contribution in [0.25, 0.3) is 0 Å². The number of allylic oxidation sites excluding steroid dienone is 13. The Morgan fingerprint density at radius 3 is 1.22 bits per heavy atom. The number of aliphatic hydroxyl groups excluding tert-OH is 1. The maximum atomic E-state index is 13.0. The minimum absolute atomic E-state index is 0.0488. The summed E-state index contributed by atoms with van der Waals surface area (Å²) in [6.07, 6.45) is 75.6. The first kappa shape index (κ1) is 69.7. The molecule has 0 radical (unpaired) electrons. The molecule has 1 amide bonds. The number of carbonyl (C=O) groups is 1. The van der Waals surface area contributed by atoms with Crippen LogP contribution in [-0.4, -0.2) is 73.4 Å². The number of amides is 1. The van der Waals surface area contributed by atoms with Crippen LogP contribution >= 0.6 is 7.82 Å². The van der Waals surface area contributed by atoms with Gasteiger partial charge in [0, 0.05) is 6.42 Å². The summed E-state index contributed by atoms with van der Waals surface area (Å²) in [6.45, 7) is 4.68. The predicted octanol–water partition coefficient (Wildman–Crippen LogP) is 18.4. The van der Waals surface area contributed by atoms with Gasteiger partial charge >= 0.3 is 7.82 Å². The van der Waals surface area contributed by atoms with Gasteiger partial charge in [-0.2, -0.15) is 0 Å². The fourth-order valence-corrected chi connectivity index (χ4v) is 9.19. The van der Waals surface area contributed by atoms with Gasteiger partial charge in [0.25, 0.3) is 0 Å². The number of likely N-dealkylation sites (N-methyl/N-ethyl adjacent to an activating group) is 1. The van der Waals surface area contributed by atoms with Gasteiger partial charge in [-0.05, 0) is 70.6 Å². The van der Waals surface area contributed by atoms with Crippen molar-refractivity contribution in [3.8, 4) is 0 Å². The summed E-state index contributed by atoms with van der Waals surface area (Å²) >= 11 is 0. The molecule has 0 aromatic carbocycles. The van der Waals surface area contributed by atoms with Crippen LogP contribution in [0.5, 0.6) is 0 Å². The van der Waals surface area contributed by atoms with Crippen LogP contribution < -0.4 is 5.32 Å². The molecule has 0 aromatic heterocycles. The zero-order valence-corrected chi connectivity index (χ0v) is 48.5. The van der Waals surface area contributed by atoms with Crippen LogP contribution in [0.4, 0.5) is 0 Å². The Labute approximate surface area is 446 Å². The second kappa shape index (κ2) is 53.5. The molecule has 0 bridgehead atoms. The summed E-state index contributed by atoms with van der Waals surface area (Å²) in [4.78, 5) is 23.3. The molecule has 3 unspecified atom stereocenters. The first-order valence-electron chi connectivity index (χ1n) is 30.0. The molecule has 3 atom stereocenters. The van der Waals surface area contributed by atoms with Gasteiger partial charge < -0.3 is 19.8 Å². The quantitative estimate of drug-likeness (QED) is 0.0243. The van der Waals surface area contributed by atoms with Crippen LogP contribution in [0.2, 0.25) is 0 Å². The van der Waals surface area contributed by atoms with Gasteiger partial charge in [0.1, 0.15) is 13.2 Å². The van der Waals surface area contributed by atoms with E-state index in [1.54, 1.807) is 6.08 Å². The molecule has 0 heterocycles. The van der Waals surface area contributed by atoms with Gasteiger partial charge in [0.05, 0.1) is 39.9 Å². The number of nitrogens with one attached hydrogen (secondary N) is 1. The molecule has 9 heteroatoms. The number of phosphoric acid groups is 1. The molecule has 3 N–H and O–H groups in total. The van der Waals surface area contributed by atoms with Gasteiger partial charge in [-0.25, -0.2) is 4.57 Å². The number of quaternary nitrogens is 1. The average molecular weight is 1030 g/mol. The number of phosphoric ester groups is 1. The van der Waals surface area contributed by atoms with Gasteiger partial charge in [0.2, 0.25) is 5.91 Å². The van der Waals surface area contributed by atoms with Crippen molar-refractivity contribution >= 4 is 13.7 Å². The molecular weight excluding hydrogens is 912 g/mol. The lowest BCUT2D eigenvalue weighted by molar-refractivity contribution is -0.870. The fourth-order valence-electron chi connectivity index (χ4n) is 8.46. The zero-order valence-electron chi connectivity index (χ0n) is 47.7. The van der Waals surface area contributed by atoms with E-state index in [1.807, 2.05) is 27.2 Å². The third-order valence-corrected chi connectivity index (χ3v) is 14.1. The molecule has 8 nitrogen and oxygen atoms in total. The van der Waals surface area contributed by atoms with E-state index < -0.39 is 20.0 Å². The first-order valence-corrected chi connectivity index (χ1v) is 31.5. The lowest BCUT2D eigenvalue weighted by atomic mass is 10.0. The van der Waals surface area contributed by atoms with E-state index in [9.17, 15) is 19.4 Å². The third-order valence-electron chi connectivity index (χ3n) is 13.1. The molecule has 0 spiro atoms. The molecule has 0 aromatic rings. The van der Waals surface area contributed by atoms with Crippen LogP contribution in [0.15, 0.2) is 85.1 Å². The van der Waals surface area contributed by atoms with Crippen molar-refractivity contribution in [3.05, 3.63) is 85.1 Å². The normalized spacial score (nSPS) is 14.5. The number of rotatable bonds is 54. The highest BCUT2D eigenvalue weighted by Crippen LogP contribution is 2.43. The lowest BCUT2D eigenvalue weighted by Crippen LogP contribution is -2.45. The molecule has 0 saturated heterocycles. The van der Waals surface area contributed by atoms with Crippen molar-refractivity contribution in [3.63, 3.8) is 0 Å². The van der Waals surface area contributed by atoms with E-state index >= 15 is 0 Å². The summed E-state index contributed by atoms with van der Waals surface area (Å²) in [7, 11) is 1.54. The van der Waals surface area contributed by atoms with Gasteiger partial charge in [-0.1, -0.05) is 266 Å². The van der Waals surface area contributed by atoms with Crippen molar-refractivity contribution in [2.45, 2.75) is 270 Å². The maximum absolute atomic E-state index is 13.0. The smallest absolute Gasteiger partial charge is 0.387 e. The molecule has 72 heavy (non-hydrogen) atoms. The van der Waals surface area contributed by atoms with E-state index in [0.717, 1.165) is 70.6 Å². The zero-order chi connectivity index (χ0) is 52.7. The van der Waals surface area contributed by atoms with E-state index in [-0.39, 0.29) is 19.1 Å². The predicted molar refractivity (Wildman–Crippen MR) is 313 cm³/mol. The summed E-state index contributed by atoms with van der Waals surface area (Å²) < 4.78 is 23.7. The van der Waals surface area contributed by atoms with Crippen molar-refractivity contribution in [1.82, 2.24) is 5.32 Å². The highest BCUT2D eigenvalue weighted by molar-refractivity contribution is 7.47. The van der Waals surface area contributed by atoms with Crippen LogP contribution in [0.3, 0.4) is 0 Å². The Morgan fingerprint density at radius 2 is 0.833 bits per heavy atom. The van der Waals surface area contributed by atoms with Crippen molar-refractivity contribution in [2.24, 2.45) is 0 Å². The van der Waals surface area contributed by atoms with Crippen molar-refractivity contribution in [1.29, 1.82) is 0 Å². The van der Waals surface area contributed by atoms with E-state index in [1.165, 1.54) is 161 Å². The summed E-state index contributed by atoms with van der Waals surface area (Å²) in [6, 6.07) is -0.877. The molecule has 0 aliphatic heterocycles. The minimum atomic E-state index is -4.37. The van der Waals surface area contributed by atoms with Gasteiger partial charge in [-0.3, -0.25) is 13.8 Å². The first-order chi connectivity index (χ1) is 35.0. The Balaban J connectivity index is 4.24. The van der Waals surface area contributed by atoms with Crippen molar-refractivity contribution in [2.75, 3.05) is 40.9 Å². The summed E-state index contributed by atoms with van der Waals surface area (Å²) in [5.74, 6) is -0.219. The third kappa shape index (κ3) is 55.4. The molecule has 0 saturated carbocycles. The van der Waals surface area contributed by atoms with Gasteiger partial charge in [-0.15, -0.1) is 0 Å². The SMILES string of the molecule is CC/C=C\C/C=C\C/C=C\C/C=C\C/C=C\C/C=C\CCCCC(=O)NC(COP(=O)(O)OCC[N+](C)(C)C)C(O)/C=C/CCCCCCCCCCCCCCCCCCCCCCCCCCCCC. The highest BCUT2D eigenvalue weighted by atomic mass is 31.2.